The van der Waals surface area contributed by atoms with Crippen LogP contribution in [0.1, 0.15) is 11.1 Å². The van der Waals surface area contributed by atoms with E-state index in [9.17, 15) is 0 Å². The predicted molar refractivity (Wildman–Crippen MR) is 131 cm³/mol. The molecule has 2 aromatic rings. The second kappa shape index (κ2) is 10.2. The van der Waals surface area contributed by atoms with Gasteiger partial charge in [-0.2, -0.15) is 0 Å². The number of nitrogens with zero attached hydrogens (tertiary/aromatic N) is 4. The van der Waals surface area contributed by atoms with Crippen molar-refractivity contribution in [2.24, 2.45) is 0 Å². The van der Waals surface area contributed by atoms with Crippen molar-refractivity contribution in [3.8, 4) is 23.0 Å². The summed E-state index contributed by atoms with van der Waals surface area (Å²) >= 11 is 1.99. The summed E-state index contributed by atoms with van der Waals surface area (Å²) in [5, 5.41) is 0. The molecule has 0 atom stereocenters. The van der Waals surface area contributed by atoms with E-state index in [1.807, 2.05) is 24.1 Å². The fourth-order valence-corrected chi connectivity index (χ4v) is 5.86. The summed E-state index contributed by atoms with van der Waals surface area (Å²) in [7, 11) is 0. The van der Waals surface area contributed by atoms with E-state index in [-0.39, 0.29) is 0 Å². The number of ether oxygens (including phenoxy) is 4. The number of rotatable bonds is 7. The van der Waals surface area contributed by atoms with Gasteiger partial charge in [0.2, 0.25) is 13.6 Å². The Morgan fingerprint density at radius 3 is 1.59 bits per heavy atom. The predicted octanol–water partition coefficient (Wildman–Crippen LogP) is 2.69. The molecule has 6 rings (SSSR count). The minimum Gasteiger partial charge on any atom is -0.454 e. The van der Waals surface area contributed by atoms with Crippen molar-refractivity contribution >= 4 is 11.9 Å². The molecule has 0 spiro atoms. The van der Waals surface area contributed by atoms with Gasteiger partial charge in [0.15, 0.2) is 23.0 Å². The highest BCUT2D eigenvalue weighted by molar-refractivity contribution is 7.96. The normalized spacial score (nSPS) is 21.3. The molecule has 0 N–H and O–H groups in total. The first kappa shape index (κ1) is 22.3. The third-order valence-corrected chi connectivity index (χ3v) is 8.12. The van der Waals surface area contributed by atoms with E-state index in [0.717, 1.165) is 94.3 Å². The van der Waals surface area contributed by atoms with Crippen molar-refractivity contribution < 1.29 is 18.9 Å². The molecule has 34 heavy (non-hydrogen) atoms. The quantitative estimate of drug-likeness (QED) is 0.552. The van der Waals surface area contributed by atoms with Crippen LogP contribution in [0.5, 0.6) is 23.0 Å². The van der Waals surface area contributed by atoms with E-state index in [4.69, 9.17) is 18.9 Å². The van der Waals surface area contributed by atoms with Gasteiger partial charge in [-0.15, -0.1) is 0 Å². The zero-order valence-corrected chi connectivity index (χ0v) is 20.3. The third kappa shape index (κ3) is 5.23. The minimum atomic E-state index is 0.337. The van der Waals surface area contributed by atoms with Crippen molar-refractivity contribution in [3.05, 3.63) is 47.5 Å². The summed E-state index contributed by atoms with van der Waals surface area (Å²) in [4.78, 5) is 7.65. The third-order valence-electron chi connectivity index (χ3n) is 6.91. The first-order chi connectivity index (χ1) is 16.8. The van der Waals surface area contributed by atoms with E-state index in [2.05, 4.69) is 43.3 Å². The Kier molecular flexibility index (Phi) is 6.70. The molecule has 4 heterocycles. The smallest absolute Gasteiger partial charge is 0.231 e. The summed E-state index contributed by atoms with van der Waals surface area (Å²) in [5.74, 6) is 4.56. The van der Waals surface area contributed by atoms with Crippen LogP contribution >= 0.6 is 11.9 Å². The van der Waals surface area contributed by atoms with Gasteiger partial charge < -0.3 is 18.9 Å². The molecule has 0 radical (unpaired) electrons. The fourth-order valence-electron chi connectivity index (χ4n) is 4.85. The van der Waals surface area contributed by atoms with Crippen molar-refractivity contribution in [3.63, 3.8) is 0 Å². The largest absolute Gasteiger partial charge is 0.454 e. The molecule has 0 bridgehead atoms. The second-order valence-electron chi connectivity index (χ2n) is 9.23. The second-order valence-corrected chi connectivity index (χ2v) is 10.3. The Morgan fingerprint density at radius 2 is 1.03 bits per heavy atom. The Bertz CT molecular complexity index is 913. The zero-order chi connectivity index (χ0) is 22.7. The van der Waals surface area contributed by atoms with Gasteiger partial charge in [0.05, 0.1) is 5.88 Å². The first-order valence-electron chi connectivity index (χ1n) is 12.1. The topological polar surface area (TPSA) is 49.9 Å². The molecule has 2 aromatic carbocycles. The average Bonchev–Trinajstić information content (AvgIpc) is 3.53. The Hall–Kier alpha value is -2.17. The maximum atomic E-state index is 5.52. The lowest BCUT2D eigenvalue weighted by molar-refractivity contribution is 0.141. The van der Waals surface area contributed by atoms with Crippen molar-refractivity contribution in [2.45, 2.75) is 13.1 Å². The minimum absolute atomic E-state index is 0.337. The molecule has 2 fully saturated rings. The van der Waals surface area contributed by atoms with Crippen LogP contribution in [0, 0.1) is 0 Å². The summed E-state index contributed by atoms with van der Waals surface area (Å²) < 4.78 is 24.4. The van der Waals surface area contributed by atoms with E-state index in [1.54, 1.807) is 0 Å². The van der Waals surface area contributed by atoms with Crippen LogP contribution in [0.15, 0.2) is 36.4 Å². The average molecular weight is 485 g/mol. The molecule has 0 aromatic heterocycles. The molecule has 0 aliphatic carbocycles. The Balaban J connectivity index is 0.889. The molecular weight excluding hydrogens is 452 g/mol. The van der Waals surface area contributed by atoms with Gasteiger partial charge in [-0.3, -0.25) is 14.7 Å². The van der Waals surface area contributed by atoms with Crippen LogP contribution < -0.4 is 18.9 Å². The maximum Gasteiger partial charge on any atom is 0.231 e. The van der Waals surface area contributed by atoms with E-state index < -0.39 is 0 Å². The molecular formula is C25H32N4O4S. The van der Waals surface area contributed by atoms with Crippen molar-refractivity contribution in [2.75, 3.05) is 71.8 Å². The number of fused-ring (bicyclic) bond motifs is 2. The van der Waals surface area contributed by atoms with E-state index in [0.29, 0.717) is 13.6 Å². The van der Waals surface area contributed by atoms with Crippen LogP contribution in [0.2, 0.25) is 0 Å². The van der Waals surface area contributed by atoms with Gasteiger partial charge in [-0.1, -0.05) is 24.1 Å². The fraction of sp³-hybridized carbons (Fsp3) is 0.520. The van der Waals surface area contributed by atoms with Gasteiger partial charge in [0.1, 0.15) is 0 Å². The molecule has 4 aliphatic heterocycles. The standard InChI is InChI=1S/C25H32N4O4S/c1-3-22-24(32-18-30-22)13-20(1)15-26-5-7-28(8-6-26)17-34-29-11-9-27(10-12-29)16-21-2-4-23-25(14-21)33-19-31-23/h1-4,13-14H,5-12,15-19H2. The van der Waals surface area contributed by atoms with Crippen LogP contribution in [-0.2, 0) is 13.1 Å². The molecule has 4 aliphatic rings. The molecule has 9 heteroatoms. The SMILES string of the molecule is c1cc2c(cc1CN1CCN(CSN3CCN(Cc4ccc5c(c4)OCO5)CC3)CC1)OCO2. The van der Waals surface area contributed by atoms with Crippen LogP contribution in [0.3, 0.4) is 0 Å². The highest BCUT2D eigenvalue weighted by Crippen LogP contribution is 2.34. The van der Waals surface area contributed by atoms with Gasteiger partial charge in [0.25, 0.3) is 0 Å². The lowest BCUT2D eigenvalue weighted by Crippen LogP contribution is -2.47. The maximum absolute atomic E-state index is 5.52. The van der Waals surface area contributed by atoms with E-state index in [1.165, 1.54) is 11.1 Å². The summed E-state index contributed by atoms with van der Waals surface area (Å²) in [6.07, 6.45) is 0. The van der Waals surface area contributed by atoms with Crippen LogP contribution in [0.25, 0.3) is 0 Å². The number of hydrogen-bond acceptors (Lipinski definition) is 9. The monoisotopic (exact) mass is 484 g/mol. The highest BCUT2D eigenvalue weighted by atomic mass is 32.2. The van der Waals surface area contributed by atoms with E-state index >= 15 is 0 Å². The van der Waals surface area contributed by atoms with Gasteiger partial charge in [-0.05, 0) is 35.4 Å². The van der Waals surface area contributed by atoms with Crippen molar-refractivity contribution in [1.29, 1.82) is 0 Å². The van der Waals surface area contributed by atoms with Gasteiger partial charge in [-0.25, -0.2) is 4.31 Å². The molecule has 0 amide bonds. The lowest BCUT2D eigenvalue weighted by Gasteiger charge is -2.37. The molecule has 0 unspecified atom stereocenters. The Labute approximate surface area is 205 Å². The van der Waals surface area contributed by atoms with Crippen LogP contribution in [0.4, 0.5) is 0 Å². The summed E-state index contributed by atoms with van der Waals surface area (Å²) in [6.45, 7) is 11.5. The number of benzene rings is 2. The van der Waals surface area contributed by atoms with Gasteiger partial charge in [0, 0.05) is 65.4 Å². The first-order valence-corrected chi connectivity index (χ1v) is 13.0. The molecule has 2 saturated heterocycles. The molecule has 182 valence electrons. The highest BCUT2D eigenvalue weighted by Gasteiger charge is 2.22. The zero-order valence-electron chi connectivity index (χ0n) is 19.5. The number of piperazine rings is 2. The molecule has 0 saturated carbocycles. The lowest BCUT2D eigenvalue weighted by atomic mass is 10.2. The Morgan fingerprint density at radius 1 is 0.559 bits per heavy atom. The van der Waals surface area contributed by atoms with Crippen LogP contribution in [-0.4, -0.2) is 90.8 Å². The van der Waals surface area contributed by atoms with Crippen molar-refractivity contribution in [1.82, 2.24) is 19.0 Å². The summed E-state index contributed by atoms with van der Waals surface area (Å²) in [5.41, 5.74) is 2.59. The molecule has 8 nitrogen and oxygen atoms in total. The summed E-state index contributed by atoms with van der Waals surface area (Å²) in [6, 6.07) is 12.6. The number of hydrogen-bond donors (Lipinski definition) is 0. The van der Waals surface area contributed by atoms with Gasteiger partial charge >= 0.3 is 0 Å².